The molecule has 0 saturated carbocycles. The zero-order valence-electron chi connectivity index (χ0n) is 8.61. The number of benzene rings is 1. The van der Waals surface area contributed by atoms with Gasteiger partial charge in [0.25, 0.3) is 0 Å². The molecule has 0 saturated heterocycles. The Morgan fingerprint density at radius 2 is 1.73 bits per heavy atom. The van der Waals surface area contributed by atoms with Crippen molar-refractivity contribution < 1.29 is 10.2 Å². The van der Waals surface area contributed by atoms with Crippen LogP contribution in [-0.4, -0.2) is 16.3 Å². The standard InChI is InChI=1S/C11H14Cl2O2/c1-6(2)10(14)11(15)8-4-3-7(12)5-9(8)13/h3-6,10-11,14-15H,1-2H3/t10-,11-/m0/s1. The highest BCUT2D eigenvalue weighted by atomic mass is 35.5. The monoisotopic (exact) mass is 248 g/mol. The van der Waals surface area contributed by atoms with Gasteiger partial charge in [-0.05, 0) is 18.1 Å². The summed E-state index contributed by atoms with van der Waals surface area (Å²) >= 11 is 11.7. The maximum absolute atomic E-state index is 9.85. The summed E-state index contributed by atoms with van der Waals surface area (Å²) in [6.45, 7) is 3.66. The van der Waals surface area contributed by atoms with Crippen LogP contribution in [-0.2, 0) is 0 Å². The highest BCUT2D eigenvalue weighted by Crippen LogP contribution is 2.29. The molecule has 0 radical (unpaired) electrons. The predicted molar refractivity (Wildman–Crippen MR) is 62.3 cm³/mol. The molecule has 2 nitrogen and oxygen atoms in total. The molecule has 4 heteroatoms. The van der Waals surface area contributed by atoms with Crippen LogP contribution in [0.1, 0.15) is 25.5 Å². The van der Waals surface area contributed by atoms with Crippen LogP contribution in [0.5, 0.6) is 0 Å². The van der Waals surface area contributed by atoms with Gasteiger partial charge in [0.2, 0.25) is 0 Å². The lowest BCUT2D eigenvalue weighted by molar-refractivity contribution is -0.00934. The summed E-state index contributed by atoms with van der Waals surface area (Å²) in [7, 11) is 0. The fourth-order valence-electron chi connectivity index (χ4n) is 1.29. The Balaban J connectivity index is 2.96. The Hall–Kier alpha value is -0.280. The number of halogens is 2. The van der Waals surface area contributed by atoms with Crippen LogP contribution < -0.4 is 0 Å². The molecule has 0 aliphatic carbocycles. The van der Waals surface area contributed by atoms with Gasteiger partial charge in [0.15, 0.2) is 0 Å². The Kier molecular flexibility index (Phi) is 4.41. The zero-order chi connectivity index (χ0) is 11.6. The third kappa shape index (κ3) is 3.08. The summed E-state index contributed by atoms with van der Waals surface area (Å²) in [5, 5.41) is 20.4. The van der Waals surface area contributed by atoms with Crippen molar-refractivity contribution in [1.82, 2.24) is 0 Å². The van der Waals surface area contributed by atoms with E-state index in [1.165, 1.54) is 0 Å². The van der Waals surface area contributed by atoms with Crippen molar-refractivity contribution in [3.8, 4) is 0 Å². The highest BCUT2D eigenvalue weighted by molar-refractivity contribution is 6.35. The molecular formula is C11H14Cl2O2. The first-order valence-electron chi connectivity index (χ1n) is 4.74. The van der Waals surface area contributed by atoms with E-state index in [0.29, 0.717) is 15.6 Å². The van der Waals surface area contributed by atoms with Gasteiger partial charge in [-0.25, -0.2) is 0 Å². The SMILES string of the molecule is CC(C)[C@H](O)[C@@H](O)c1ccc(Cl)cc1Cl. The molecular weight excluding hydrogens is 235 g/mol. The summed E-state index contributed by atoms with van der Waals surface area (Å²) in [5.74, 6) is -0.0354. The number of aliphatic hydroxyl groups excluding tert-OH is 2. The van der Waals surface area contributed by atoms with Gasteiger partial charge >= 0.3 is 0 Å². The van der Waals surface area contributed by atoms with E-state index in [0.717, 1.165) is 0 Å². The number of hydrogen-bond donors (Lipinski definition) is 2. The molecule has 0 aliphatic rings. The van der Waals surface area contributed by atoms with Crippen molar-refractivity contribution in [3.63, 3.8) is 0 Å². The molecule has 2 atom stereocenters. The Bertz CT molecular complexity index is 339. The molecule has 0 amide bonds. The van der Waals surface area contributed by atoms with Gasteiger partial charge in [-0.1, -0.05) is 43.1 Å². The van der Waals surface area contributed by atoms with Crippen LogP contribution in [0.4, 0.5) is 0 Å². The molecule has 0 aromatic heterocycles. The molecule has 1 aromatic rings. The van der Waals surface area contributed by atoms with Crippen LogP contribution in [0.15, 0.2) is 18.2 Å². The van der Waals surface area contributed by atoms with Gasteiger partial charge in [0.05, 0.1) is 6.10 Å². The summed E-state index contributed by atoms with van der Waals surface area (Å²) in [6.07, 6.45) is -1.81. The van der Waals surface area contributed by atoms with E-state index in [9.17, 15) is 10.2 Å². The molecule has 0 aliphatic heterocycles. The van der Waals surface area contributed by atoms with Crippen molar-refractivity contribution in [2.45, 2.75) is 26.1 Å². The largest absolute Gasteiger partial charge is 0.390 e. The second-order valence-corrected chi connectivity index (χ2v) is 4.69. The molecule has 0 bridgehead atoms. The first-order chi connectivity index (χ1) is 6.93. The Morgan fingerprint density at radius 3 is 2.20 bits per heavy atom. The van der Waals surface area contributed by atoms with Crippen LogP contribution in [0, 0.1) is 5.92 Å². The first kappa shape index (κ1) is 12.8. The van der Waals surface area contributed by atoms with Crippen molar-refractivity contribution in [2.75, 3.05) is 0 Å². The van der Waals surface area contributed by atoms with Crippen molar-refractivity contribution >= 4 is 23.2 Å². The highest BCUT2D eigenvalue weighted by Gasteiger charge is 2.23. The predicted octanol–water partition coefficient (Wildman–Crippen LogP) is 3.04. The molecule has 84 valence electrons. The van der Waals surface area contributed by atoms with E-state index >= 15 is 0 Å². The lowest BCUT2D eigenvalue weighted by atomic mass is 9.96. The van der Waals surface area contributed by atoms with Crippen LogP contribution in [0.2, 0.25) is 10.0 Å². The fraction of sp³-hybridized carbons (Fsp3) is 0.455. The summed E-state index contributed by atoms with van der Waals surface area (Å²) in [6, 6.07) is 4.81. The zero-order valence-corrected chi connectivity index (χ0v) is 10.1. The number of rotatable bonds is 3. The van der Waals surface area contributed by atoms with Crippen LogP contribution in [0.3, 0.4) is 0 Å². The van der Waals surface area contributed by atoms with Crippen LogP contribution in [0.25, 0.3) is 0 Å². The Labute approximate surface area is 99.5 Å². The molecule has 2 N–H and O–H groups in total. The van der Waals surface area contributed by atoms with E-state index in [2.05, 4.69) is 0 Å². The fourth-order valence-corrected chi connectivity index (χ4v) is 1.81. The second-order valence-electron chi connectivity index (χ2n) is 3.85. The maximum atomic E-state index is 9.85. The van der Waals surface area contributed by atoms with Gasteiger partial charge in [0.1, 0.15) is 6.10 Å². The molecule has 0 unspecified atom stereocenters. The normalized spacial score (nSPS) is 15.4. The lowest BCUT2D eigenvalue weighted by Gasteiger charge is -2.22. The van der Waals surface area contributed by atoms with Crippen molar-refractivity contribution in [3.05, 3.63) is 33.8 Å². The quantitative estimate of drug-likeness (QED) is 0.864. The van der Waals surface area contributed by atoms with Crippen molar-refractivity contribution in [2.24, 2.45) is 5.92 Å². The molecule has 15 heavy (non-hydrogen) atoms. The smallest absolute Gasteiger partial charge is 0.107 e. The van der Waals surface area contributed by atoms with E-state index in [4.69, 9.17) is 23.2 Å². The molecule has 0 heterocycles. The van der Waals surface area contributed by atoms with Crippen LogP contribution >= 0.6 is 23.2 Å². The summed E-state index contributed by atoms with van der Waals surface area (Å²) in [5.41, 5.74) is 0.502. The van der Waals surface area contributed by atoms with Gasteiger partial charge < -0.3 is 10.2 Å². The maximum Gasteiger partial charge on any atom is 0.107 e. The molecule has 1 rings (SSSR count). The number of hydrogen-bond acceptors (Lipinski definition) is 2. The second kappa shape index (κ2) is 5.17. The summed E-state index contributed by atoms with van der Waals surface area (Å²) in [4.78, 5) is 0. The van der Waals surface area contributed by atoms with Gasteiger partial charge in [-0.3, -0.25) is 0 Å². The van der Waals surface area contributed by atoms with Gasteiger partial charge in [0, 0.05) is 15.6 Å². The van der Waals surface area contributed by atoms with E-state index in [1.54, 1.807) is 18.2 Å². The third-order valence-corrected chi connectivity index (χ3v) is 2.85. The van der Waals surface area contributed by atoms with E-state index in [1.807, 2.05) is 13.8 Å². The average molecular weight is 249 g/mol. The van der Waals surface area contributed by atoms with E-state index < -0.39 is 12.2 Å². The minimum absolute atomic E-state index is 0.0354. The lowest BCUT2D eigenvalue weighted by Crippen LogP contribution is -2.24. The number of aliphatic hydroxyl groups is 2. The topological polar surface area (TPSA) is 40.5 Å². The van der Waals surface area contributed by atoms with Crippen molar-refractivity contribution in [1.29, 1.82) is 0 Å². The average Bonchev–Trinajstić information content (AvgIpc) is 2.15. The minimum Gasteiger partial charge on any atom is -0.390 e. The third-order valence-electron chi connectivity index (χ3n) is 2.29. The molecule has 0 spiro atoms. The van der Waals surface area contributed by atoms with Gasteiger partial charge in [-0.15, -0.1) is 0 Å². The molecule has 1 aromatic carbocycles. The van der Waals surface area contributed by atoms with Gasteiger partial charge in [-0.2, -0.15) is 0 Å². The summed E-state index contributed by atoms with van der Waals surface area (Å²) < 4.78 is 0. The first-order valence-corrected chi connectivity index (χ1v) is 5.50. The minimum atomic E-state index is -0.977. The Morgan fingerprint density at radius 1 is 1.13 bits per heavy atom. The molecule has 0 fully saturated rings. The van der Waals surface area contributed by atoms with E-state index in [-0.39, 0.29) is 5.92 Å².